The Morgan fingerprint density at radius 2 is 2.18 bits per heavy atom. The van der Waals surface area contributed by atoms with Crippen LogP contribution in [0.2, 0.25) is 0 Å². The largest absolute Gasteiger partial charge is 0.495 e. The topological polar surface area (TPSA) is 35.5 Å². The molecule has 1 fully saturated rings. The third kappa shape index (κ3) is 2.60. The number of allylic oxidation sites excluding steroid dienone is 2. The van der Waals surface area contributed by atoms with Gasteiger partial charge in [-0.2, -0.15) is 0 Å². The van der Waals surface area contributed by atoms with Gasteiger partial charge < -0.3 is 9.47 Å². The Kier molecular flexibility index (Phi) is 3.81. The molecule has 0 spiro atoms. The number of hydrogen-bond donors (Lipinski definition) is 0. The zero-order chi connectivity index (χ0) is 13.2. The second kappa shape index (κ2) is 4.78. The van der Waals surface area contributed by atoms with Gasteiger partial charge in [0, 0.05) is 5.41 Å². The van der Waals surface area contributed by atoms with Crippen molar-refractivity contribution in [2.75, 3.05) is 6.61 Å². The Balaban J connectivity index is 2.91. The van der Waals surface area contributed by atoms with Crippen LogP contribution in [0.25, 0.3) is 0 Å². The van der Waals surface area contributed by atoms with E-state index in [0.717, 1.165) is 5.57 Å². The van der Waals surface area contributed by atoms with Crippen LogP contribution in [0.4, 0.5) is 0 Å². The summed E-state index contributed by atoms with van der Waals surface area (Å²) >= 11 is 0. The van der Waals surface area contributed by atoms with E-state index in [9.17, 15) is 4.79 Å². The van der Waals surface area contributed by atoms with E-state index < -0.39 is 0 Å². The van der Waals surface area contributed by atoms with Gasteiger partial charge in [-0.1, -0.05) is 33.1 Å². The fraction of sp³-hybridized carbons (Fsp3) is 0.500. The number of esters is 1. The maximum absolute atomic E-state index is 11.7. The van der Waals surface area contributed by atoms with Gasteiger partial charge >= 0.3 is 5.97 Å². The molecule has 0 aliphatic carbocycles. The zero-order valence-corrected chi connectivity index (χ0v) is 11.0. The van der Waals surface area contributed by atoms with E-state index in [2.05, 4.69) is 13.2 Å². The predicted octanol–water partition coefficient (Wildman–Crippen LogP) is 2.99. The molecular formula is C14H20O3. The van der Waals surface area contributed by atoms with Crippen LogP contribution in [0.5, 0.6) is 0 Å². The van der Waals surface area contributed by atoms with Crippen molar-refractivity contribution in [1.29, 1.82) is 0 Å². The third-order valence-corrected chi connectivity index (χ3v) is 3.15. The van der Waals surface area contributed by atoms with Crippen molar-refractivity contribution in [3.05, 3.63) is 36.1 Å². The highest BCUT2D eigenvalue weighted by molar-refractivity contribution is 5.95. The molecular weight excluding hydrogens is 216 g/mol. The number of carbonyl (C=O) groups is 1. The lowest BCUT2D eigenvalue weighted by Gasteiger charge is -2.40. The highest BCUT2D eigenvalue weighted by Crippen LogP contribution is 2.40. The van der Waals surface area contributed by atoms with Crippen LogP contribution < -0.4 is 0 Å². The lowest BCUT2D eigenvalue weighted by atomic mass is 9.74. The Hall–Kier alpha value is -1.51. The molecule has 1 rings (SSSR count). The van der Waals surface area contributed by atoms with Gasteiger partial charge in [-0.05, 0) is 19.4 Å². The van der Waals surface area contributed by atoms with Gasteiger partial charge in [-0.25, -0.2) is 4.79 Å². The Morgan fingerprint density at radius 1 is 1.59 bits per heavy atom. The molecule has 94 valence electrons. The van der Waals surface area contributed by atoms with Crippen LogP contribution in [-0.4, -0.2) is 18.7 Å². The zero-order valence-electron chi connectivity index (χ0n) is 11.0. The smallest absolute Gasteiger partial charge is 0.338 e. The molecule has 1 saturated heterocycles. The van der Waals surface area contributed by atoms with Crippen LogP contribution in [0, 0.1) is 5.41 Å². The number of rotatable bonds is 3. The maximum atomic E-state index is 11.7. The molecule has 1 heterocycles. The standard InChI is InChI=1S/C14H20O3/c1-7-11-10(4)14(5,6)12(17-13(11)15)8-16-9(2)3/h7,12H,2,4,8H2,1,3,5-6H3. The SMILES string of the molecule is C=C(C)OCC1OC(=O)C(=CC)C(=C)C1(C)C. The van der Waals surface area contributed by atoms with E-state index in [0.29, 0.717) is 17.9 Å². The van der Waals surface area contributed by atoms with E-state index in [4.69, 9.17) is 9.47 Å². The molecule has 3 nitrogen and oxygen atoms in total. The minimum Gasteiger partial charge on any atom is -0.495 e. The van der Waals surface area contributed by atoms with Crippen LogP contribution in [0.15, 0.2) is 36.1 Å². The summed E-state index contributed by atoms with van der Waals surface area (Å²) in [6.07, 6.45) is 1.41. The molecule has 0 bridgehead atoms. The fourth-order valence-electron chi connectivity index (χ4n) is 1.76. The van der Waals surface area contributed by atoms with Gasteiger partial charge in [0.2, 0.25) is 0 Å². The number of carbonyl (C=O) groups excluding carboxylic acids is 1. The molecule has 0 amide bonds. The summed E-state index contributed by atoms with van der Waals surface area (Å²) in [6, 6.07) is 0. The van der Waals surface area contributed by atoms with Crippen molar-refractivity contribution in [2.45, 2.75) is 33.8 Å². The molecule has 0 aromatic heterocycles. The molecule has 0 aromatic rings. The van der Waals surface area contributed by atoms with Gasteiger partial charge in [0.1, 0.15) is 12.7 Å². The van der Waals surface area contributed by atoms with Crippen LogP contribution in [0.1, 0.15) is 27.7 Å². The summed E-state index contributed by atoms with van der Waals surface area (Å²) in [7, 11) is 0. The number of hydrogen-bond acceptors (Lipinski definition) is 3. The first-order chi connectivity index (χ1) is 7.80. The van der Waals surface area contributed by atoms with Crippen molar-refractivity contribution < 1.29 is 14.3 Å². The van der Waals surface area contributed by atoms with Crippen LogP contribution in [-0.2, 0) is 14.3 Å². The summed E-state index contributed by atoms with van der Waals surface area (Å²) in [5, 5.41) is 0. The van der Waals surface area contributed by atoms with Crippen LogP contribution >= 0.6 is 0 Å². The van der Waals surface area contributed by atoms with Gasteiger partial charge in [0.05, 0.1) is 11.3 Å². The van der Waals surface area contributed by atoms with E-state index in [1.54, 1.807) is 13.0 Å². The monoisotopic (exact) mass is 236 g/mol. The summed E-state index contributed by atoms with van der Waals surface area (Å²) in [4.78, 5) is 11.7. The van der Waals surface area contributed by atoms with Crippen molar-refractivity contribution in [3.63, 3.8) is 0 Å². The van der Waals surface area contributed by atoms with E-state index in [-0.39, 0.29) is 17.5 Å². The van der Waals surface area contributed by atoms with E-state index in [1.165, 1.54) is 0 Å². The van der Waals surface area contributed by atoms with Gasteiger partial charge in [0.25, 0.3) is 0 Å². The normalized spacial score (nSPS) is 25.6. The first-order valence-corrected chi connectivity index (χ1v) is 5.66. The Morgan fingerprint density at radius 3 is 2.65 bits per heavy atom. The molecule has 1 unspecified atom stereocenters. The third-order valence-electron chi connectivity index (χ3n) is 3.15. The molecule has 17 heavy (non-hydrogen) atoms. The Labute approximate surface area is 103 Å². The second-order valence-corrected chi connectivity index (χ2v) is 4.81. The minimum absolute atomic E-state index is 0.310. The van der Waals surface area contributed by atoms with E-state index in [1.807, 2.05) is 20.8 Å². The van der Waals surface area contributed by atoms with E-state index >= 15 is 0 Å². The van der Waals surface area contributed by atoms with Gasteiger partial charge in [-0.3, -0.25) is 0 Å². The highest BCUT2D eigenvalue weighted by atomic mass is 16.6. The fourth-order valence-corrected chi connectivity index (χ4v) is 1.76. The molecule has 3 heteroatoms. The first-order valence-electron chi connectivity index (χ1n) is 5.66. The number of cyclic esters (lactones) is 1. The summed E-state index contributed by atoms with van der Waals surface area (Å²) in [6.45, 7) is 15.5. The first kappa shape index (κ1) is 13.6. The minimum atomic E-state index is -0.331. The van der Waals surface area contributed by atoms with Gasteiger partial charge in [-0.15, -0.1) is 0 Å². The molecule has 1 aliphatic heterocycles. The molecule has 0 radical (unpaired) electrons. The summed E-state index contributed by atoms with van der Waals surface area (Å²) in [5.74, 6) is 0.284. The maximum Gasteiger partial charge on any atom is 0.338 e. The van der Waals surface area contributed by atoms with Gasteiger partial charge in [0.15, 0.2) is 0 Å². The highest BCUT2D eigenvalue weighted by Gasteiger charge is 2.43. The number of ether oxygens (including phenoxy) is 2. The molecule has 1 aliphatic rings. The lowest BCUT2D eigenvalue weighted by Crippen LogP contribution is -2.44. The molecule has 0 saturated carbocycles. The van der Waals surface area contributed by atoms with Crippen LogP contribution in [0.3, 0.4) is 0 Å². The second-order valence-electron chi connectivity index (χ2n) is 4.81. The quantitative estimate of drug-likeness (QED) is 0.429. The average Bonchev–Trinajstić information content (AvgIpc) is 2.22. The molecule has 0 aromatic carbocycles. The van der Waals surface area contributed by atoms with Crippen molar-refractivity contribution in [2.24, 2.45) is 5.41 Å². The average molecular weight is 236 g/mol. The Bertz CT molecular complexity index is 388. The summed E-state index contributed by atoms with van der Waals surface area (Å²) in [5.41, 5.74) is 1.03. The predicted molar refractivity (Wildman–Crippen MR) is 67.3 cm³/mol. The summed E-state index contributed by atoms with van der Waals surface area (Å²) < 4.78 is 10.7. The van der Waals surface area contributed by atoms with Crippen molar-refractivity contribution >= 4 is 5.97 Å². The lowest BCUT2D eigenvalue weighted by molar-refractivity contribution is -0.156. The molecule has 1 atom stereocenters. The van der Waals surface area contributed by atoms with Crippen molar-refractivity contribution in [3.8, 4) is 0 Å². The molecule has 0 N–H and O–H groups in total. The van der Waals surface area contributed by atoms with Crippen molar-refractivity contribution in [1.82, 2.24) is 0 Å².